The molecule has 1 saturated heterocycles. The molecule has 4 nitrogen and oxygen atoms in total. The molecule has 1 atom stereocenters. The normalized spacial score (nSPS) is 19.4. The summed E-state index contributed by atoms with van der Waals surface area (Å²) < 4.78 is 0. The number of anilines is 1. The van der Waals surface area contributed by atoms with Crippen molar-refractivity contribution in [2.75, 3.05) is 18.4 Å². The zero-order chi connectivity index (χ0) is 12.3. The maximum Gasteiger partial charge on any atom is 0.321 e. The fourth-order valence-corrected chi connectivity index (χ4v) is 2.04. The third-order valence-electron chi connectivity index (χ3n) is 3.10. The van der Waals surface area contributed by atoms with Gasteiger partial charge in [0.25, 0.3) is 0 Å². The Morgan fingerprint density at radius 2 is 2.41 bits per heavy atom. The van der Waals surface area contributed by atoms with Crippen molar-refractivity contribution in [1.82, 2.24) is 4.90 Å². The highest BCUT2D eigenvalue weighted by Crippen LogP contribution is 2.14. The van der Waals surface area contributed by atoms with Crippen LogP contribution in [0.4, 0.5) is 10.5 Å². The van der Waals surface area contributed by atoms with E-state index in [1.807, 2.05) is 18.2 Å². The molecule has 0 unspecified atom stereocenters. The number of carbonyl (C=O) groups excluding carboxylic acids is 1. The summed E-state index contributed by atoms with van der Waals surface area (Å²) in [5, 5.41) is 2.91. The summed E-state index contributed by atoms with van der Waals surface area (Å²) in [4.78, 5) is 13.7. The molecule has 4 heteroatoms. The molecule has 1 aliphatic rings. The molecule has 2 amide bonds. The maximum absolute atomic E-state index is 11.9. The molecular weight excluding hydrogens is 214 g/mol. The van der Waals surface area contributed by atoms with Gasteiger partial charge in [-0.3, -0.25) is 0 Å². The van der Waals surface area contributed by atoms with Crippen LogP contribution in [0.2, 0.25) is 0 Å². The van der Waals surface area contributed by atoms with Crippen LogP contribution in [-0.4, -0.2) is 30.1 Å². The molecule has 0 aromatic heterocycles. The highest BCUT2D eigenvalue weighted by Gasteiger charge is 2.23. The van der Waals surface area contributed by atoms with E-state index in [2.05, 4.69) is 18.3 Å². The molecule has 17 heavy (non-hydrogen) atoms. The van der Waals surface area contributed by atoms with E-state index in [1.165, 1.54) is 5.56 Å². The predicted molar refractivity (Wildman–Crippen MR) is 69.0 cm³/mol. The summed E-state index contributed by atoms with van der Waals surface area (Å²) >= 11 is 0. The van der Waals surface area contributed by atoms with E-state index >= 15 is 0 Å². The van der Waals surface area contributed by atoms with E-state index < -0.39 is 0 Å². The molecule has 0 aliphatic carbocycles. The third-order valence-corrected chi connectivity index (χ3v) is 3.10. The predicted octanol–water partition coefficient (Wildman–Crippen LogP) is 1.81. The summed E-state index contributed by atoms with van der Waals surface area (Å²) in [6.07, 6.45) is 1.86. The number of hydrogen-bond acceptors (Lipinski definition) is 2. The first-order valence-electron chi connectivity index (χ1n) is 6.09. The van der Waals surface area contributed by atoms with Gasteiger partial charge in [0, 0.05) is 24.8 Å². The fourth-order valence-electron chi connectivity index (χ4n) is 2.04. The topological polar surface area (TPSA) is 58.4 Å². The zero-order valence-electron chi connectivity index (χ0n) is 10.1. The number of hydrogen-bond donors (Lipinski definition) is 2. The minimum Gasteiger partial charge on any atom is -0.326 e. The largest absolute Gasteiger partial charge is 0.326 e. The van der Waals surface area contributed by atoms with Gasteiger partial charge in [0.2, 0.25) is 0 Å². The van der Waals surface area contributed by atoms with Crippen molar-refractivity contribution < 1.29 is 4.79 Å². The average Bonchev–Trinajstić information content (AvgIpc) is 2.76. The second-order valence-corrected chi connectivity index (χ2v) is 4.48. The second-order valence-electron chi connectivity index (χ2n) is 4.48. The molecule has 1 aromatic carbocycles. The summed E-state index contributed by atoms with van der Waals surface area (Å²) in [6, 6.07) is 8.01. The number of nitrogens with zero attached hydrogens (tertiary/aromatic N) is 1. The smallest absolute Gasteiger partial charge is 0.321 e. The first-order valence-corrected chi connectivity index (χ1v) is 6.09. The Kier molecular flexibility index (Phi) is 3.64. The minimum absolute atomic E-state index is 0.0498. The lowest BCUT2D eigenvalue weighted by molar-refractivity contribution is 0.222. The number of carbonyl (C=O) groups is 1. The molecule has 0 radical (unpaired) electrons. The third kappa shape index (κ3) is 2.97. The molecule has 1 aromatic rings. The van der Waals surface area contributed by atoms with E-state index in [4.69, 9.17) is 5.73 Å². The summed E-state index contributed by atoms with van der Waals surface area (Å²) in [6.45, 7) is 3.50. The van der Waals surface area contributed by atoms with Crippen LogP contribution in [0, 0.1) is 0 Å². The number of benzene rings is 1. The Bertz CT molecular complexity index is 405. The first-order chi connectivity index (χ1) is 8.19. The van der Waals surface area contributed by atoms with E-state index in [9.17, 15) is 4.79 Å². The van der Waals surface area contributed by atoms with Crippen molar-refractivity contribution in [3.63, 3.8) is 0 Å². The Balaban J connectivity index is 1.98. The van der Waals surface area contributed by atoms with Gasteiger partial charge in [0.05, 0.1) is 0 Å². The van der Waals surface area contributed by atoms with Gasteiger partial charge in [0.1, 0.15) is 0 Å². The lowest BCUT2D eigenvalue weighted by Crippen LogP contribution is -2.35. The molecule has 0 spiro atoms. The van der Waals surface area contributed by atoms with Gasteiger partial charge in [-0.2, -0.15) is 0 Å². The highest BCUT2D eigenvalue weighted by atomic mass is 16.2. The number of nitrogens with two attached hydrogens (primary N) is 1. The van der Waals surface area contributed by atoms with Gasteiger partial charge in [-0.15, -0.1) is 0 Å². The number of nitrogens with one attached hydrogen (secondary N) is 1. The molecule has 2 rings (SSSR count). The van der Waals surface area contributed by atoms with Crippen LogP contribution < -0.4 is 11.1 Å². The average molecular weight is 233 g/mol. The molecule has 92 valence electrons. The van der Waals surface area contributed by atoms with Crippen molar-refractivity contribution >= 4 is 11.7 Å². The quantitative estimate of drug-likeness (QED) is 0.818. The minimum atomic E-state index is -0.0498. The number of urea groups is 1. The van der Waals surface area contributed by atoms with Crippen molar-refractivity contribution in [3.05, 3.63) is 29.8 Å². The molecule has 0 saturated carbocycles. The van der Waals surface area contributed by atoms with Crippen LogP contribution in [0.15, 0.2) is 24.3 Å². The van der Waals surface area contributed by atoms with Crippen molar-refractivity contribution in [3.8, 4) is 0 Å². The number of likely N-dealkylation sites (tertiary alicyclic amines) is 1. The molecule has 1 fully saturated rings. The van der Waals surface area contributed by atoms with E-state index in [1.54, 1.807) is 4.90 Å². The molecule has 3 N–H and O–H groups in total. The van der Waals surface area contributed by atoms with Crippen molar-refractivity contribution in [2.24, 2.45) is 5.73 Å². The van der Waals surface area contributed by atoms with Crippen LogP contribution in [-0.2, 0) is 6.42 Å². The molecule has 1 aliphatic heterocycles. The van der Waals surface area contributed by atoms with Gasteiger partial charge in [-0.1, -0.05) is 19.1 Å². The summed E-state index contributed by atoms with van der Waals surface area (Å²) in [5.41, 5.74) is 7.86. The Morgan fingerprint density at radius 3 is 3.06 bits per heavy atom. The monoisotopic (exact) mass is 233 g/mol. The summed E-state index contributed by atoms with van der Waals surface area (Å²) in [7, 11) is 0. The number of aryl methyl sites for hydroxylation is 1. The molecule has 0 bridgehead atoms. The Labute approximate surface area is 102 Å². The Morgan fingerprint density at radius 1 is 1.59 bits per heavy atom. The standard InChI is InChI=1S/C13H19N3O/c1-2-10-4-3-5-12(8-10)15-13(17)16-7-6-11(14)9-16/h3-5,8,11H,2,6-7,9,14H2,1H3,(H,15,17)/t11-/m1/s1. The zero-order valence-corrected chi connectivity index (χ0v) is 10.1. The number of amides is 2. The molecule has 1 heterocycles. The lowest BCUT2D eigenvalue weighted by Gasteiger charge is -2.16. The SMILES string of the molecule is CCc1cccc(NC(=O)N2CC[C@@H](N)C2)c1. The Hall–Kier alpha value is -1.55. The van der Waals surface area contributed by atoms with E-state index in [-0.39, 0.29) is 12.1 Å². The van der Waals surface area contributed by atoms with Crippen LogP contribution in [0.3, 0.4) is 0 Å². The van der Waals surface area contributed by atoms with Crippen LogP contribution in [0.25, 0.3) is 0 Å². The van der Waals surface area contributed by atoms with Crippen LogP contribution in [0.5, 0.6) is 0 Å². The maximum atomic E-state index is 11.9. The van der Waals surface area contributed by atoms with Gasteiger partial charge in [-0.25, -0.2) is 4.79 Å². The van der Waals surface area contributed by atoms with Crippen LogP contribution in [0.1, 0.15) is 18.9 Å². The van der Waals surface area contributed by atoms with Gasteiger partial charge in [-0.05, 0) is 30.5 Å². The lowest BCUT2D eigenvalue weighted by atomic mass is 10.1. The highest BCUT2D eigenvalue weighted by molar-refractivity contribution is 5.89. The second kappa shape index (κ2) is 5.19. The summed E-state index contributed by atoms with van der Waals surface area (Å²) in [5.74, 6) is 0. The van der Waals surface area contributed by atoms with Gasteiger partial charge >= 0.3 is 6.03 Å². The first kappa shape index (κ1) is 11.9. The number of rotatable bonds is 2. The van der Waals surface area contributed by atoms with Crippen molar-refractivity contribution in [2.45, 2.75) is 25.8 Å². The van der Waals surface area contributed by atoms with E-state index in [0.29, 0.717) is 6.54 Å². The van der Waals surface area contributed by atoms with Crippen LogP contribution >= 0.6 is 0 Å². The molecular formula is C13H19N3O. The fraction of sp³-hybridized carbons (Fsp3) is 0.462. The van der Waals surface area contributed by atoms with Crippen molar-refractivity contribution in [1.29, 1.82) is 0 Å². The van der Waals surface area contributed by atoms with Gasteiger partial charge < -0.3 is 16.0 Å². The van der Waals surface area contributed by atoms with Gasteiger partial charge in [0.15, 0.2) is 0 Å². The van der Waals surface area contributed by atoms with E-state index in [0.717, 1.165) is 25.1 Å².